The number of rotatable bonds is 4. The van der Waals surface area contributed by atoms with Crippen LogP contribution in [0, 0.1) is 0 Å². The number of ether oxygens (including phenoxy) is 1. The van der Waals surface area contributed by atoms with E-state index >= 15 is 0 Å². The summed E-state index contributed by atoms with van der Waals surface area (Å²) < 4.78 is 5.04. The Bertz CT molecular complexity index is 651. The molecule has 1 aromatic heterocycles. The van der Waals surface area contributed by atoms with E-state index in [2.05, 4.69) is 10.3 Å². The molecule has 7 nitrogen and oxygen atoms in total. The van der Waals surface area contributed by atoms with Gasteiger partial charge in [-0.15, -0.1) is 0 Å². The number of anilines is 1. The molecule has 2 amide bonds. The van der Waals surface area contributed by atoms with Gasteiger partial charge in [0.05, 0.1) is 7.11 Å². The summed E-state index contributed by atoms with van der Waals surface area (Å²) in [5.74, 6) is -0.552. The molecule has 0 unspecified atom stereocenters. The number of benzene rings is 1. The number of carbonyl (C=O) groups excluding carboxylic acids is 1. The van der Waals surface area contributed by atoms with Crippen molar-refractivity contribution in [3.05, 3.63) is 30.0 Å². The maximum Gasteiger partial charge on any atom is 0.357 e. The molecule has 104 valence electrons. The van der Waals surface area contributed by atoms with Gasteiger partial charge in [0, 0.05) is 5.56 Å². The van der Waals surface area contributed by atoms with Crippen molar-refractivity contribution < 1.29 is 19.4 Å². The monoisotopic (exact) mass is 293 g/mol. The van der Waals surface area contributed by atoms with E-state index in [9.17, 15) is 9.59 Å². The van der Waals surface area contributed by atoms with Crippen molar-refractivity contribution in [1.82, 2.24) is 4.98 Å². The zero-order valence-electron chi connectivity index (χ0n) is 10.4. The highest BCUT2D eigenvalue weighted by Crippen LogP contribution is 2.32. The summed E-state index contributed by atoms with van der Waals surface area (Å²) in [5, 5.41) is 11.9. The average Bonchev–Trinajstić information content (AvgIpc) is 2.82. The zero-order valence-corrected chi connectivity index (χ0v) is 11.2. The Morgan fingerprint density at radius 2 is 2.00 bits per heavy atom. The van der Waals surface area contributed by atoms with Gasteiger partial charge in [-0.05, 0) is 24.3 Å². The number of nitrogens with zero attached hydrogens (tertiary/aromatic N) is 1. The summed E-state index contributed by atoms with van der Waals surface area (Å²) in [5.41, 5.74) is 5.48. The number of thiazole rings is 1. The third kappa shape index (κ3) is 2.86. The second kappa shape index (κ2) is 5.57. The van der Waals surface area contributed by atoms with E-state index in [1.807, 2.05) is 0 Å². The largest absolute Gasteiger partial charge is 0.497 e. The fourth-order valence-electron chi connectivity index (χ4n) is 1.52. The Morgan fingerprint density at radius 1 is 1.35 bits per heavy atom. The SMILES string of the molecule is COc1ccc(-c2nc(C(=O)O)c(NC(N)=O)s2)cc1. The molecule has 2 rings (SSSR count). The lowest BCUT2D eigenvalue weighted by Crippen LogP contribution is -2.20. The summed E-state index contributed by atoms with van der Waals surface area (Å²) >= 11 is 1.04. The van der Waals surface area contributed by atoms with E-state index in [0.717, 1.165) is 16.9 Å². The first kappa shape index (κ1) is 13.8. The first-order valence-corrected chi connectivity index (χ1v) is 6.28. The van der Waals surface area contributed by atoms with Gasteiger partial charge < -0.3 is 15.6 Å². The van der Waals surface area contributed by atoms with Crippen LogP contribution in [0.3, 0.4) is 0 Å². The molecule has 0 atom stereocenters. The molecule has 0 spiro atoms. The van der Waals surface area contributed by atoms with Gasteiger partial charge in [-0.25, -0.2) is 14.6 Å². The van der Waals surface area contributed by atoms with Gasteiger partial charge in [-0.2, -0.15) is 0 Å². The number of hydrogen-bond donors (Lipinski definition) is 3. The standard InChI is InChI=1S/C12H11N3O4S/c1-19-7-4-2-6(3-5-7)9-14-8(11(16)17)10(20-9)15-12(13)18/h2-5H,1H3,(H,16,17)(H3,13,15,18). The van der Waals surface area contributed by atoms with Gasteiger partial charge in [0.2, 0.25) is 0 Å². The number of primary amides is 1. The Balaban J connectivity index is 2.41. The molecular formula is C12H11N3O4S. The van der Waals surface area contributed by atoms with Crippen molar-refractivity contribution in [2.45, 2.75) is 0 Å². The molecule has 0 saturated carbocycles. The third-order valence-corrected chi connectivity index (χ3v) is 3.42. The normalized spacial score (nSPS) is 10.1. The van der Waals surface area contributed by atoms with Crippen LogP contribution in [0.4, 0.5) is 9.80 Å². The summed E-state index contributed by atoms with van der Waals surface area (Å²) in [6.45, 7) is 0. The molecular weight excluding hydrogens is 282 g/mol. The molecule has 0 aliphatic rings. The molecule has 0 saturated heterocycles. The number of urea groups is 1. The molecule has 0 aliphatic carbocycles. The van der Waals surface area contributed by atoms with Gasteiger partial charge in [0.1, 0.15) is 15.8 Å². The van der Waals surface area contributed by atoms with Crippen LogP contribution in [0.5, 0.6) is 5.75 Å². The van der Waals surface area contributed by atoms with Gasteiger partial charge in [-0.1, -0.05) is 11.3 Å². The van der Waals surface area contributed by atoms with Crippen molar-refractivity contribution in [2.24, 2.45) is 5.73 Å². The van der Waals surface area contributed by atoms with E-state index in [-0.39, 0.29) is 10.7 Å². The molecule has 20 heavy (non-hydrogen) atoms. The molecule has 4 N–H and O–H groups in total. The molecule has 2 aromatic rings. The third-order valence-electron chi connectivity index (χ3n) is 2.40. The zero-order chi connectivity index (χ0) is 14.7. The number of amides is 2. The van der Waals surface area contributed by atoms with Crippen molar-refractivity contribution in [3.8, 4) is 16.3 Å². The molecule has 0 fully saturated rings. The lowest BCUT2D eigenvalue weighted by molar-refractivity contribution is 0.0692. The number of carboxylic acids is 1. The quantitative estimate of drug-likeness (QED) is 0.797. The fourth-order valence-corrected chi connectivity index (χ4v) is 2.48. The predicted molar refractivity (Wildman–Crippen MR) is 74.3 cm³/mol. The van der Waals surface area contributed by atoms with E-state index in [1.165, 1.54) is 0 Å². The van der Waals surface area contributed by atoms with Crippen LogP contribution in [-0.2, 0) is 0 Å². The number of hydrogen-bond acceptors (Lipinski definition) is 5. The minimum Gasteiger partial charge on any atom is -0.497 e. The van der Waals surface area contributed by atoms with Crippen LogP contribution in [0.1, 0.15) is 10.5 Å². The van der Waals surface area contributed by atoms with Crippen LogP contribution in [-0.4, -0.2) is 29.2 Å². The highest BCUT2D eigenvalue weighted by Gasteiger charge is 2.19. The number of carboxylic acid groups (broad SMARTS) is 1. The summed E-state index contributed by atoms with van der Waals surface area (Å²) in [6.07, 6.45) is 0. The molecule has 0 bridgehead atoms. The van der Waals surface area contributed by atoms with Crippen molar-refractivity contribution in [2.75, 3.05) is 12.4 Å². The van der Waals surface area contributed by atoms with E-state index in [1.54, 1.807) is 31.4 Å². The smallest absolute Gasteiger partial charge is 0.357 e. The lowest BCUT2D eigenvalue weighted by Gasteiger charge is -2.00. The van der Waals surface area contributed by atoms with E-state index in [4.69, 9.17) is 15.6 Å². The Kier molecular flexibility index (Phi) is 3.85. The maximum absolute atomic E-state index is 11.1. The number of nitrogens with two attached hydrogens (primary N) is 1. The molecule has 0 radical (unpaired) electrons. The fraction of sp³-hybridized carbons (Fsp3) is 0.0833. The minimum absolute atomic E-state index is 0.107. The molecule has 0 aliphatic heterocycles. The van der Waals surface area contributed by atoms with Crippen molar-refractivity contribution in [1.29, 1.82) is 0 Å². The predicted octanol–water partition coefficient (Wildman–Crippen LogP) is 2.01. The highest BCUT2D eigenvalue weighted by atomic mass is 32.1. The molecule has 8 heteroatoms. The number of carbonyl (C=O) groups is 2. The van der Waals surface area contributed by atoms with Crippen molar-refractivity contribution in [3.63, 3.8) is 0 Å². The summed E-state index contributed by atoms with van der Waals surface area (Å²) in [6, 6.07) is 6.13. The van der Waals surface area contributed by atoms with Crippen LogP contribution >= 0.6 is 11.3 Å². The number of methoxy groups -OCH3 is 1. The van der Waals surface area contributed by atoms with Crippen molar-refractivity contribution >= 4 is 28.3 Å². The second-order valence-electron chi connectivity index (χ2n) is 3.72. The van der Waals surface area contributed by atoms with Crippen LogP contribution in [0.15, 0.2) is 24.3 Å². The Morgan fingerprint density at radius 3 is 2.50 bits per heavy atom. The first-order chi connectivity index (χ1) is 9.51. The lowest BCUT2D eigenvalue weighted by atomic mass is 10.2. The average molecular weight is 293 g/mol. The van der Waals surface area contributed by atoms with Gasteiger partial charge in [0.15, 0.2) is 5.69 Å². The molecule has 1 aromatic carbocycles. The van der Waals surface area contributed by atoms with Gasteiger partial charge in [-0.3, -0.25) is 5.32 Å². The van der Waals surface area contributed by atoms with Crippen LogP contribution in [0.2, 0.25) is 0 Å². The highest BCUT2D eigenvalue weighted by molar-refractivity contribution is 7.19. The maximum atomic E-state index is 11.1. The molecule has 1 heterocycles. The Labute approximate surface area is 118 Å². The number of aromatic nitrogens is 1. The first-order valence-electron chi connectivity index (χ1n) is 5.46. The minimum atomic E-state index is -1.23. The summed E-state index contributed by atoms with van der Waals surface area (Å²) in [7, 11) is 1.55. The second-order valence-corrected chi connectivity index (χ2v) is 4.72. The van der Waals surface area contributed by atoms with E-state index in [0.29, 0.717) is 10.8 Å². The topological polar surface area (TPSA) is 115 Å². The van der Waals surface area contributed by atoms with Gasteiger partial charge >= 0.3 is 12.0 Å². The summed E-state index contributed by atoms with van der Waals surface area (Å²) in [4.78, 5) is 25.9. The van der Waals surface area contributed by atoms with Gasteiger partial charge in [0.25, 0.3) is 0 Å². The number of nitrogens with one attached hydrogen (secondary N) is 1. The Hall–Kier alpha value is -2.61. The van der Waals surface area contributed by atoms with Crippen LogP contribution < -0.4 is 15.8 Å². The van der Waals surface area contributed by atoms with Crippen LogP contribution in [0.25, 0.3) is 10.6 Å². The number of aromatic carboxylic acids is 1. The van der Waals surface area contributed by atoms with E-state index < -0.39 is 12.0 Å².